The van der Waals surface area contributed by atoms with Crippen LogP contribution in [0.3, 0.4) is 0 Å². The number of aromatic nitrogens is 2. The van der Waals surface area contributed by atoms with Gasteiger partial charge in [-0.15, -0.1) is 0 Å². The molecule has 0 aliphatic carbocycles. The van der Waals surface area contributed by atoms with Gasteiger partial charge in [0.15, 0.2) is 6.04 Å². The number of esters is 1. The van der Waals surface area contributed by atoms with Gasteiger partial charge >= 0.3 is 5.97 Å². The van der Waals surface area contributed by atoms with Crippen LogP contribution in [0, 0.1) is 5.92 Å². The highest BCUT2D eigenvalue weighted by Crippen LogP contribution is 2.22. The van der Waals surface area contributed by atoms with Crippen molar-refractivity contribution in [2.75, 3.05) is 13.7 Å². The van der Waals surface area contributed by atoms with Crippen molar-refractivity contribution in [2.45, 2.75) is 25.9 Å². The topological polar surface area (TPSA) is 90.4 Å². The first-order chi connectivity index (χ1) is 8.02. The van der Waals surface area contributed by atoms with Gasteiger partial charge in [-0.2, -0.15) is 5.10 Å². The summed E-state index contributed by atoms with van der Waals surface area (Å²) in [5.74, 6) is -0.345. The third-order valence-electron chi connectivity index (χ3n) is 2.62. The minimum absolute atomic E-state index is 0.0204. The van der Waals surface area contributed by atoms with Crippen LogP contribution in [-0.4, -0.2) is 34.6 Å². The zero-order chi connectivity index (χ0) is 13.0. The second kappa shape index (κ2) is 5.79. The van der Waals surface area contributed by atoms with E-state index in [-0.39, 0.29) is 18.5 Å². The first kappa shape index (κ1) is 13.7. The van der Waals surface area contributed by atoms with Gasteiger partial charge in [0.1, 0.15) is 0 Å². The van der Waals surface area contributed by atoms with Crippen LogP contribution < -0.4 is 5.73 Å². The molecule has 0 bridgehead atoms. The van der Waals surface area contributed by atoms with Crippen molar-refractivity contribution in [2.24, 2.45) is 11.7 Å². The molecule has 6 heteroatoms. The monoisotopic (exact) mass is 241 g/mol. The molecule has 0 radical (unpaired) electrons. The van der Waals surface area contributed by atoms with Crippen LogP contribution in [0.15, 0.2) is 12.3 Å². The number of methoxy groups -OCH3 is 1. The maximum absolute atomic E-state index is 11.7. The molecule has 0 amide bonds. The molecule has 0 saturated carbocycles. The smallest absolute Gasteiger partial charge is 0.330 e. The zero-order valence-electron chi connectivity index (χ0n) is 10.3. The van der Waals surface area contributed by atoms with Crippen LogP contribution in [0.1, 0.15) is 31.6 Å². The van der Waals surface area contributed by atoms with E-state index in [0.29, 0.717) is 5.69 Å². The van der Waals surface area contributed by atoms with E-state index >= 15 is 0 Å². The fraction of sp³-hybridized carbons (Fsp3) is 0.636. The van der Waals surface area contributed by atoms with Gasteiger partial charge in [-0.25, -0.2) is 4.79 Å². The van der Waals surface area contributed by atoms with E-state index in [4.69, 9.17) is 15.6 Å². The van der Waals surface area contributed by atoms with Crippen LogP contribution >= 0.6 is 0 Å². The lowest BCUT2D eigenvalue weighted by Crippen LogP contribution is -2.30. The number of carbonyl (C=O) groups is 1. The first-order valence-electron chi connectivity index (χ1n) is 5.50. The average molecular weight is 241 g/mol. The number of rotatable bonds is 5. The van der Waals surface area contributed by atoms with Crippen LogP contribution in [0.4, 0.5) is 0 Å². The quantitative estimate of drug-likeness (QED) is 0.721. The van der Waals surface area contributed by atoms with Crippen LogP contribution in [0.2, 0.25) is 0 Å². The van der Waals surface area contributed by atoms with Crippen LogP contribution in [0.25, 0.3) is 0 Å². The van der Waals surface area contributed by atoms with E-state index in [1.165, 1.54) is 11.8 Å². The van der Waals surface area contributed by atoms with Gasteiger partial charge in [0, 0.05) is 6.20 Å². The van der Waals surface area contributed by atoms with Gasteiger partial charge in [0.05, 0.1) is 25.5 Å². The summed E-state index contributed by atoms with van der Waals surface area (Å²) in [4.78, 5) is 11.7. The van der Waals surface area contributed by atoms with Crippen molar-refractivity contribution in [1.29, 1.82) is 0 Å². The Labute approximate surface area is 100 Å². The summed E-state index contributed by atoms with van der Waals surface area (Å²) in [7, 11) is 1.34. The molecule has 2 atom stereocenters. The fourth-order valence-electron chi connectivity index (χ4n) is 1.72. The third-order valence-corrected chi connectivity index (χ3v) is 2.62. The molecule has 0 unspecified atom stereocenters. The molecule has 1 rings (SSSR count). The molecule has 1 aromatic rings. The maximum Gasteiger partial charge on any atom is 0.330 e. The normalized spacial score (nSPS) is 14.7. The lowest BCUT2D eigenvalue weighted by molar-refractivity contribution is -0.146. The molecule has 17 heavy (non-hydrogen) atoms. The predicted octanol–water partition coefficient (Wildman–Crippen LogP) is 0.245. The van der Waals surface area contributed by atoms with E-state index in [0.717, 1.165) is 0 Å². The third kappa shape index (κ3) is 2.83. The minimum atomic E-state index is -0.552. The number of hydrogen-bond donors (Lipinski definition) is 2. The SMILES string of the molecule is COC(=O)[C@H](C(C)C)n1nccc1[C@@H](N)CO. The Morgan fingerprint density at radius 3 is 2.76 bits per heavy atom. The molecule has 0 aliphatic heterocycles. The molecule has 0 spiro atoms. The Balaban J connectivity index is 3.11. The number of aliphatic hydroxyl groups is 1. The van der Waals surface area contributed by atoms with Crippen molar-refractivity contribution in [3.05, 3.63) is 18.0 Å². The molecule has 0 saturated heterocycles. The number of nitrogens with zero attached hydrogens (tertiary/aromatic N) is 2. The van der Waals surface area contributed by atoms with Crippen molar-refractivity contribution in [3.63, 3.8) is 0 Å². The standard InChI is InChI=1S/C11H19N3O3/c1-7(2)10(11(16)17-3)14-9(4-5-13-14)8(12)6-15/h4-5,7-8,10,15H,6,12H2,1-3H3/t8-,10-/m0/s1. The molecule has 0 aliphatic rings. The van der Waals surface area contributed by atoms with Crippen LogP contribution in [0.5, 0.6) is 0 Å². The van der Waals surface area contributed by atoms with E-state index < -0.39 is 12.1 Å². The highest BCUT2D eigenvalue weighted by molar-refractivity contribution is 5.74. The average Bonchev–Trinajstić information content (AvgIpc) is 2.76. The molecule has 96 valence electrons. The van der Waals surface area contributed by atoms with Crippen LogP contribution in [-0.2, 0) is 9.53 Å². The second-order valence-electron chi connectivity index (χ2n) is 4.20. The van der Waals surface area contributed by atoms with Gasteiger partial charge < -0.3 is 15.6 Å². The maximum atomic E-state index is 11.7. The summed E-state index contributed by atoms with van der Waals surface area (Å²) in [6.07, 6.45) is 1.56. The summed E-state index contributed by atoms with van der Waals surface area (Å²) < 4.78 is 6.29. The molecule has 3 N–H and O–H groups in total. The Hall–Kier alpha value is -1.40. The number of ether oxygens (including phenoxy) is 1. The predicted molar refractivity (Wildman–Crippen MR) is 62.1 cm³/mol. The molecule has 0 aromatic carbocycles. The van der Waals surface area contributed by atoms with Gasteiger partial charge in [-0.3, -0.25) is 4.68 Å². The lowest BCUT2D eigenvalue weighted by atomic mass is 10.0. The number of nitrogens with two attached hydrogens (primary N) is 1. The van der Waals surface area contributed by atoms with Crippen molar-refractivity contribution in [1.82, 2.24) is 9.78 Å². The van der Waals surface area contributed by atoms with Crippen molar-refractivity contribution < 1.29 is 14.6 Å². The summed E-state index contributed by atoms with van der Waals surface area (Å²) in [6.45, 7) is 3.60. The Morgan fingerprint density at radius 2 is 2.29 bits per heavy atom. The Bertz CT molecular complexity index is 376. The molecule has 0 fully saturated rings. The minimum Gasteiger partial charge on any atom is -0.467 e. The molecular formula is C11H19N3O3. The summed E-state index contributed by atoms with van der Waals surface area (Å²) >= 11 is 0. The van der Waals surface area contributed by atoms with Gasteiger partial charge in [-0.1, -0.05) is 13.8 Å². The summed E-state index contributed by atoms with van der Waals surface area (Å²) in [5, 5.41) is 13.2. The molecule has 6 nitrogen and oxygen atoms in total. The van der Waals surface area contributed by atoms with E-state index in [1.54, 1.807) is 12.3 Å². The zero-order valence-corrected chi connectivity index (χ0v) is 10.3. The number of aliphatic hydroxyl groups excluding tert-OH is 1. The van der Waals surface area contributed by atoms with E-state index in [2.05, 4.69) is 5.10 Å². The lowest BCUT2D eigenvalue weighted by Gasteiger charge is -2.22. The highest BCUT2D eigenvalue weighted by atomic mass is 16.5. The van der Waals surface area contributed by atoms with E-state index in [1.807, 2.05) is 13.8 Å². The second-order valence-corrected chi connectivity index (χ2v) is 4.20. The van der Waals surface area contributed by atoms with Crippen molar-refractivity contribution in [3.8, 4) is 0 Å². The highest BCUT2D eigenvalue weighted by Gasteiger charge is 2.28. The summed E-state index contributed by atoms with van der Waals surface area (Å²) in [6, 6.07) is 0.616. The Kier molecular flexibility index (Phi) is 4.65. The molecule has 1 aromatic heterocycles. The molecular weight excluding hydrogens is 222 g/mol. The summed E-state index contributed by atoms with van der Waals surface area (Å²) in [5.41, 5.74) is 6.38. The number of carbonyl (C=O) groups excluding carboxylic acids is 1. The van der Waals surface area contributed by atoms with Crippen molar-refractivity contribution >= 4 is 5.97 Å². The largest absolute Gasteiger partial charge is 0.467 e. The first-order valence-corrected chi connectivity index (χ1v) is 5.50. The Morgan fingerprint density at radius 1 is 1.65 bits per heavy atom. The van der Waals surface area contributed by atoms with E-state index in [9.17, 15) is 4.79 Å². The number of hydrogen-bond acceptors (Lipinski definition) is 5. The van der Waals surface area contributed by atoms with Gasteiger partial charge in [-0.05, 0) is 12.0 Å². The van der Waals surface area contributed by atoms with Gasteiger partial charge in [0.2, 0.25) is 0 Å². The fourth-order valence-corrected chi connectivity index (χ4v) is 1.72. The van der Waals surface area contributed by atoms with Gasteiger partial charge in [0.25, 0.3) is 0 Å². The molecule has 1 heterocycles.